The van der Waals surface area contributed by atoms with E-state index in [1.807, 2.05) is 0 Å². The Hall–Kier alpha value is -0.200. The quantitative estimate of drug-likeness (QED) is 0.339. The maximum atomic E-state index is 10.6. The zero-order chi connectivity index (χ0) is 9.19. The van der Waals surface area contributed by atoms with E-state index in [2.05, 4.69) is 0 Å². The van der Waals surface area contributed by atoms with Crippen molar-refractivity contribution in [1.82, 2.24) is 0 Å². The van der Waals surface area contributed by atoms with E-state index in [9.17, 15) is 13.2 Å². The van der Waals surface area contributed by atoms with Crippen LogP contribution >= 0.6 is 0 Å². The van der Waals surface area contributed by atoms with Crippen LogP contribution in [0.2, 0.25) is 0 Å². The topological polar surface area (TPSA) is 71.4 Å². The monoisotopic (exact) mass is 209 g/mol. The molecule has 0 atom stereocenters. The minimum absolute atomic E-state index is 0. The first kappa shape index (κ1) is 12.8. The largest absolute Gasteiger partial charge is 1.00 e. The first-order valence-electron chi connectivity index (χ1n) is 3.07. The van der Waals surface area contributed by atoms with Crippen LogP contribution in [0.25, 0.3) is 0 Å². The van der Waals surface area contributed by atoms with Crippen molar-refractivity contribution in [2.45, 2.75) is 4.90 Å². The van der Waals surface area contributed by atoms with Crippen molar-refractivity contribution in [3.8, 4) is 0 Å². The summed E-state index contributed by atoms with van der Waals surface area (Å²) in [7, 11) is -4.28. The molecular formula is C7H6NaO4S+. The SMILES string of the molecule is O=Cc1ccccc1S(=O)(=O)O.[Na+]. The molecule has 0 heterocycles. The van der Waals surface area contributed by atoms with E-state index < -0.39 is 10.1 Å². The van der Waals surface area contributed by atoms with Gasteiger partial charge < -0.3 is 0 Å². The Labute approximate surface area is 98.0 Å². The van der Waals surface area contributed by atoms with Crippen molar-refractivity contribution in [1.29, 1.82) is 0 Å². The molecule has 0 spiro atoms. The van der Waals surface area contributed by atoms with Gasteiger partial charge in [0.25, 0.3) is 10.1 Å². The molecule has 0 aliphatic rings. The number of hydrogen-bond acceptors (Lipinski definition) is 3. The van der Waals surface area contributed by atoms with Gasteiger partial charge in [-0.05, 0) is 6.07 Å². The van der Waals surface area contributed by atoms with Crippen LogP contribution in [0.4, 0.5) is 0 Å². The summed E-state index contributed by atoms with van der Waals surface area (Å²) >= 11 is 0. The van der Waals surface area contributed by atoms with Crippen molar-refractivity contribution in [3.63, 3.8) is 0 Å². The number of aldehydes is 1. The zero-order valence-electron chi connectivity index (χ0n) is 6.97. The number of hydrogen-bond donors (Lipinski definition) is 1. The third kappa shape index (κ3) is 3.21. The third-order valence-electron chi connectivity index (χ3n) is 1.32. The van der Waals surface area contributed by atoms with E-state index in [1.54, 1.807) is 0 Å². The molecule has 13 heavy (non-hydrogen) atoms. The van der Waals surface area contributed by atoms with Crippen molar-refractivity contribution in [3.05, 3.63) is 29.8 Å². The number of carbonyl (C=O) groups excluding carboxylic acids is 1. The Bertz CT molecular complexity index is 399. The van der Waals surface area contributed by atoms with Gasteiger partial charge in [0.15, 0.2) is 6.29 Å². The molecule has 1 aromatic carbocycles. The molecule has 0 aromatic heterocycles. The second kappa shape index (κ2) is 4.88. The maximum absolute atomic E-state index is 10.6. The first-order valence-corrected chi connectivity index (χ1v) is 4.51. The van der Waals surface area contributed by atoms with Gasteiger partial charge in [0, 0.05) is 5.56 Å². The van der Waals surface area contributed by atoms with E-state index in [4.69, 9.17) is 4.55 Å². The molecule has 0 saturated heterocycles. The van der Waals surface area contributed by atoms with Gasteiger partial charge >= 0.3 is 29.6 Å². The minimum atomic E-state index is -4.28. The van der Waals surface area contributed by atoms with E-state index >= 15 is 0 Å². The van der Waals surface area contributed by atoms with E-state index in [1.165, 1.54) is 24.3 Å². The fraction of sp³-hybridized carbons (Fsp3) is 0. The summed E-state index contributed by atoms with van der Waals surface area (Å²) in [5, 5.41) is 0. The Kier molecular flexibility index (Phi) is 4.80. The fourth-order valence-electron chi connectivity index (χ4n) is 0.813. The van der Waals surface area contributed by atoms with Crippen molar-refractivity contribution in [2.24, 2.45) is 0 Å². The van der Waals surface area contributed by atoms with Gasteiger partial charge in [0.05, 0.1) is 0 Å². The smallest absolute Gasteiger partial charge is 0.298 e. The molecule has 1 aromatic rings. The van der Waals surface area contributed by atoms with Crippen molar-refractivity contribution >= 4 is 16.4 Å². The summed E-state index contributed by atoms with van der Waals surface area (Å²) in [4.78, 5) is 9.94. The van der Waals surface area contributed by atoms with Crippen LogP contribution in [-0.4, -0.2) is 19.3 Å². The van der Waals surface area contributed by atoms with Crippen LogP contribution in [0.3, 0.4) is 0 Å². The fourth-order valence-corrected chi connectivity index (χ4v) is 1.48. The van der Waals surface area contributed by atoms with E-state index in [-0.39, 0.29) is 40.0 Å². The number of rotatable bonds is 2. The molecule has 0 bridgehead atoms. The van der Waals surface area contributed by atoms with E-state index in [0.717, 1.165) is 0 Å². The molecule has 1 rings (SSSR count). The summed E-state index contributed by atoms with van der Waals surface area (Å²) in [5.74, 6) is 0. The molecule has 0 aliphatic heterocycles. The number of carbonyl (C=O) groups is 1. The predicted molar refractivity (Wildman–Crippen MR) is 41.6 cm³/mol. The van der Waals surface area contributed by atoms with Crippen LogP contribution in [0.15, 0.2) is 29.2 Å². The summed E-state index contributed by atoms with van der Waals surface area (Å²) in [6, 6.07) is 5.42. The summed E-state index contributed by atoms with van der Waals surface area (Å²) < 4.78 is 29.8. The molecule has 0 unspecified atom stereocenters. The van der Waals surface area contributed by atoms with Gasteiger partial charge in [-0.25, -0.2) is 0 Å². The molecule has 6 heteroatoms. The maximum Gasteiger partial charge on any atom is 1.00 e. The summed E-state index contributed by atoms with van der Waals surface area (Å²) in [5.41, 5.74) is -0.0417. The second-order valence-corrected chi connectivity index (χ2v) is 3.52. The molecule has 1 N–H and O–H groups in total. The summed E-state index contributed by atoms with van der Waals surface area (Å²) in [6.45, 7) is 0. The van der Waals surface area contributed by atoms with Crippen LogP contribution in [0.1, 0.15) is 10.4 Å². The standard InChI is InChI=1S/C7H6O4S.Na/c8-5-6-3-1-2-4-7(6)12(9,10)11;/h1-5H,(H,9,10,11);/q;+1. The zero-order valence-corrected chi connectivity index (χ0v) is 9.78. The van der Waals surface area contributed by atoms with Gasteiger partial charge in [-0.2, -0.15) is 8.42 Å². The Morgan fingerprint density at radius 2 is 1.77 bits per heavy atom. The average Bonchev–Trinajstić information content (AvgIpc) is 2.03. The third-order valence-corrected chi connectivity index (χ3v) is 2.25. The van der Waals surface area contributed by atoms with Gasteiger partial charge in [0.2, 0.25) is 0 Å². The first-order chi connectivity index (χ1) is 5.55. The van der Waals surface area contributed by atoms with Crippen LogP contribution in [0, 0.1) is 0 Å². The molecule has 0 fully saturated rings. The second-order valence-electron chi connectivity index (χ2n) is 2.13. The summed E-state index contributed by atoms with van der Waals surface area (Å²) in [6.07, 6.45) is 0.378. The van der Waals surface area contributed by atoms with Crippen molar-refractivity contribution in [2.75, 3.05) is 0 Å². The Morgan fingerprint density at radius 1 is 1.23 bits per heavy atom. The Balaban J connectivity index is 0.00000144. The minimum Gasteiger partial charge on any atom is -0.298 e. The van der Waals surface area contributed by atoms with Crippen LogP contribution in [0.5, 0.6) is 0 Å². The molecule has 64 valence electrons. The molecule has 4 nitrogen and oxygen atoms in total. The molecule has 0 aliphatic carbocycles. The van der Waals surface area contributed by atoms with Gasteiger partial charge in [-0.3, -0.25) is 9.35 Å². The normalized spacial score (nSPS) is 10.2. The molecule has 0 amide bonds. The molecule has 0 radical (unpaired) electrons. The van der Waals surface area contributed by atoms with Gasteiger partial charge in [0.1, 0.15) is 4.90 Å². The van der Waals surface area contributed by atoms with Crippen LogP contribution in [-0.2, 0) is 10.1 Å². The average molecular weight is 209 g/mol. The van der Waals surface area contributed by atoms with Gasteiger partial charge in [-0.15, -0.1) is 0 Å². The molecule has 0 saturated carbocycles. The van der Waals surface area contributed by atoms with Crippen LogP contribution < -0.4 is 29.6 Å². The Morgan fingerprint density at radius 3 is 2.15 bits per heavy atom. The van der Waals surface area contributed by atoms with E-state index in [0.29, 0.717) is 6.29 Å². The number of benzene rings is 1. The predicted octanol–water partition coefficient (Wildman–Crippen LogP) is -2.25. The van der Waals surface area contributed by atoms with Gasteiger partial charge in [-0.1, -0.05) is 18.2 Å². The molecular weight excluding hydrogens is 203 g/mol. The van der Waals surface area contributed by atoms with Crippen molar-refractivity contribution < 1.29 is 47.3 Å².